The molecule has 3 heterocycles. The Labute approximate surface area is 135 Å². The van der Waals surface area contributed by atoms with E-state index in [2.05, 4.69) is 27.2 Å². The van der Waals surface area contributed by atoms with Crippen LogP contribution in [-0.4, -0.2) is 36.0 Å². The number of hydrogen-bond acceptors (Lipinski definition) is 3. The molecule has 0 fully saturated rings. The predicted octanol–water partition coefficient (Wildman–Crippen LogP) is 2.52. The molecular formula is C17H17N3O2S. The van der Waals surface area contributed by atoms with E-state index >= 15 is 0 Å². The Morgan fingerprint density at radius 1 is 1.22 bits per heavy atom. The van der Waals surface area contributed by atoms with Gasteiger partial charge >= 0.3 is 0 Å². The summed E-state index contributed by atoms with van der Waals surface area (Å²) >= 11 is 0. The van der Waals surface area contributed by atoms with Crippen LogP contribution in [0, 0.1) is 0 Å². The molecule has 2 aliphatic heterocycles. The van der Waals surface area contributed by atoms with Gasteiger partial charge in [0.05, 0.1) is 5.75 Å². The fraction of sp³-hybridized carbons (Fsp3) is 0.235. The average Bonchev–Trinajstić information content (AvgIpc) is 2.80. The van der Waals surface area contributed by atoms with Crippen molar-refractivity contribution in [2.45, 2.75) is 6.42 Å². The van der Waals surface area contributed by atoms with E-state index in [4.69, 9.17) is 0 Å². The number of benzene rings is 1. The Morgan fingerprint density at radius 3 is 2.96 bits per heavy atom. The molecule has 0 amide bonds. The summed E-state index contributed by atoms with van der Waals surface area (Å²) in [6.45, 7) is 0.666. The molecule has 0 atom stereocenters. The fourth-order valence-electron chi connectivity index (χ4n) is 3.09. The van der Waals surface area contributed by atoms with Crippen LogP contribution in [0.1, 0.15) is 12.0 Å². The first-order valence-corrected chi connectivity index (χ1v) is 9.18. The van der Waals surface area contributed by atoms with Gasteiger partial charge in [0.25, 0.3) is 10.0 Å². The molecule has 1 aromatic carbocycles. The second-order valence-corrected chi connectivity index (χ2v) is 7.62. The quantitative estimate of drug-likeness (QED) is 0.809. The molecule has 5 nitrogen and oxygen atoms in total. The molecule has 118 valence electrons. The van der Waals surface area contributed by atoms with Crippen LogP contribution in [-0.2, 0) is 17.1 Å². The summed E-state index contributed by atoms with van der Waals surface area (Å²) in [5.74, 6) is 0.631. The Balaban J connectivity index is 1.86. The van der Waals surface area contributed by atoms with Crippen molar-refractivity contribution in [2.75, 3.05) is 12.3 Å². The van der Waals surface area contributed by atoms with Crippen LogP contribution in [0.4, 0.5) is 0 Å². The molecule has 4 rings (SSSR count). The molecule has 23 heavy (non-hydrogen) atoms. The summed E-state index contributed by atoms with van der Waals surface area (Å²) < 4.78 is 30.2. The average molecular weight is 327 g/mol. The number of rotatable bonds is 1. The van der Waals surface area contributed by atoms with Gasteiger partial charge in [0, 0.05) is 42.5 Å². The molecule has 0 radical (unpaired) electrons. The second kappa shape index (κ2) is 5.09. The van der Waals surface area contributed by atoms with Crippen LogP contribution >= 0.6 is 0 Å². The standard InChI is InChI=1S/C17H17N3O2S/c1-19-10-7-14-12-13(5-6-16(14)19)15-4-2-8-20-9-3-11-23(21,22)18-17(15)20/h2,4-8,10,12H,3,9,11H2,1H3. The summed E-state index contributed by atoms with van der Waals surface area (Å²) in [6, 6.07) is 8.21. The van der Waals surface area contributed by atoms with Crippen LogP contribution in [0.5, 0.6) is 0 Å². The third-order valence-corrected chi connectivity index (χ3v) is 5.52. The van der Waals surface area contributed by atoms with E-state index < -0.39 is 10.0 Å². The molecule has 0 bridgehead atoms. The summed E-state index contributed by atoms with van der Waals surface area (Å²) in [6.07, 6.45) is 8.38. The van der Waals surface area contributed by atoms with Gasteiger partial charge in [-0.2, -0.15) is 0 Å². The van der Waals surface area contributed by atoms with E-state index in [9.17, 15) is 8.42 Å². The van der Waals surface area contributed by atoms with E-state index in [1.165, 1.54) is 0 Å². The Morgan fingerprint density at radius 2 is 2.09 bits per heavy atom. The molecule has 1 aromatic heterocycles. The van der Waals surface area contributed by atoms with Gasteiger partial charge in [-0.25, -0.2) is 8.42 Å². The summed E-state index contributed by atoms with van der Waals surface area (Å²) in [7, 11) is -1.39. The Bertz CT molecular complexity index is 980. The highest BCUT2D eigenvalue weighted by atomic mass is 32.2. The number of nitrogens with zero attached hydrogens (tertiary/aromatic N) is 3. The first-order chi connectivity index (χ1) is 11.0. The minimum absolute atomic E-state index is 0.103. The summed E-state index contributed by atoms with van der Waals surface area (Å²) in [5, 5.41) is 1.13. The molecule has 2 aromatic rings. The van der Waals surface area contributed by atoms with Crippen molar-refractivity contribution >= 4 is 32.3 Å². The molecule has 0 aliphatic carbocycles. The smallest absolute Gasteiger partial charge is 0.255 e. The SMILES string of the molecule is Cn1ccc2cc(C3=CC=CN4CCCS(=O)(=O)N=C34)ccc21. The Kier molecular flexibility index (Phi) is 3.16. The van der Waals surface area contributed by atoms with E-state index in [-0.39, 0.29) is 5.75 Å². The van der Waals surface area contributed by atoms with E-state index in [0.717, 1.165) is 22.0 Å². The van der Waals surface area contributed by atoms with Crippen molar-refractivity contribution in [1.82, 2.24) is 9.47 Å². The van der Waals surface area contributed by atoms with Crippen molar-refractivity contribution in [2.24, 2.45) is 11.4 Å². The van der Waals surface area contributed by atoms with Gasteiger partial charge in [-0.05, 0) is 42.3 Å². The maximum absolute atomic E-state index is 12.0. The topological polar surface area (TPSA) is 54.7 Å². The van der Waals surface area contributed by atoms with Crippen molar-refractivity contribution in [3.63, 3.8) is 0 Å². The lowest BCUT2D eigenvalue weighted by Gasteiger charge is -2.24. The van der Waals surface area contributed by atoms with Gasteiger partial charge in [-0.3, -0.25) is 0 Å². The van der Waals surface area contributed by atoms with Gasteiger partial charge in [0.15, 0.2) is 5.84 Å². The molecule has 0 saturated heterocycles. The molecule has 0 unspecified atom stereocenters. The third-order valence-electron chi connectivity index (χ3n) is 4.26. The normalized spacial score (nSPS) is 20.0. The number of sulfonamides is 1. The number of fused-ring (bicyclic) bond motifs is 2. The predicted molar refractivity (Wildman–Crippen MR) is 92.6 cm³/mol. The van der Waals surface area contributed by atoms with Gasteiger partial charge in [0.1, 0.15) is 0 Å². The van der Waals surface area contributed by atoms with Crippen molar-refractivity contribution in [3.8, 4) is 0 Å². The lowest BCUT2D eigenvalue weighted by molar-refractivity contribution is 0.554. The zero-order chi connectivity index (χ0) is 16.0. The molecule has 2 aliphatic rings. The minimum atomic E-state index is -3.40. The molecule has 0 N–H and O–H groups in total. The monoisotopic (exact) mass is 327 g/mol. The van der Waals surface area contributed by atoms with E-state index in [0.29, 0.717) is 18.8 Å². The van der Waals surface area contributed by atoms with Crippen molar-refractivity contribution < 1.29 is 8.42 Å². The lowest BCUT2D eigenvalue weighted by Crippen LogP contribution is -2.28. The van der Waals surface area contributed by atoms with E-state index in [1.54, 1.807) is 0 Å². The Hall–Kier alpha value is -2.34. The molecule has 0 saturated carbocycles. The molecule has 6 heteroatoms. The number of amidine groups is 1. The first kappa shape index (κ1) is 14.3. The lowest BCUT2D eigenvalue weighted by atomic mass is 10.0. The van der Waals surface area contributed by atoms with Crippen LogP contribution in [0.2, 0.25) is 0 Å². The number of hydrogen-bond donors (Lipinski definition) is 0. The zero-order valence-electron chi connectivity index (χ0n) is 12.8. The highest BCUT2D eigenvalue weighted by Crippen LogP contribution is 2.28. The number of aromatic nitrogens is 1. The number of allylic oxidation sites excluding steroid dienone is 2. The maximum Gasteiger partial charge on any atom is 0.255 e. The first-order valence-electron chi connectivity index (χ1n) is 7.57. The zero-order valence-corrected chi connectivity index (χ0v) is 13.6. The van der Waals surface area contributed by atoms with Gasteiger partial charge in [-0.1, -0.05) is 6.07 Å². The molecular weight excluding hydrogens is 310 g/mol. The highest BCUT2D eigenvalue weighted by Gasteiger charge is 2.25. The van der Waals surface area contributed by atoms with Gasteiger partial charge in [0.2, 0.25) is 0 Å². The second-order valence-electron chi connectivity index (χ2n) is 5.87. The van der Waals surface area contributed by atoms with Crippen LogP contribution in [0.3, 0.4) is 0 Å². The van der Waals surface area contributed by atoms with Gasteiger partial charge < -0.3 is 9.47 Å². The van der Waals surface area contributed by atoms with Crippen molar-refractivity contribution in [1.29, 1.82) is 0 Å². The van der Waals surface area contributed by atoms with Crippen LogP contribution < -0.4 is 0 Å². The molecule has 0 spiro atoms. The number of aryl methyl sites for hydroxylation is 1. The largest absolute Gasteiger partial charge is 0.351 e. The van der Waals surface area contributed by atoms with Crippen molar-refractivity contribution in [3.05, 3.63) is 54.4 Å². The van der Waals surface area contributed by atoms with Crippen LogP contribution in [0.25, 0.3) is 16.5 Å². The highest BCUT2D eigenvalue weighted by molar-refractivity contribution is 7.90. The van der Waals surface area contributed by atoms with E-state index in [1.807, 2.05) is 42.6 Å². The maximum atomic E-state index is 12.0. The third kappa shape index (κ3) is 2.49. The summed E-state index contributed by atoms with van der Waals surface area (Å²) in [5.41, 5.74) is 2.98. The minimum Gasteiger partial charge on any atom is -0.351 e. The van der Waals surface area contributed by atoms with Crippen LogP contribution in [0.15, 0.2) is 53.2 Å². The van der Waals surface area contributed by atoms with Gasteiger partial charge in [-0.15, -0.1) is 4.40 Å². The fourth-order valence-corrected chi connectivity index (χ4v) is 4.15. The summed E-state index contributed by atoms with van der Waals surface area (Å²) in [4.78, 5) is 1.93.